The molecule has 4 rings (SSSR count). The fourth-order valence-electron chi connectivity index (χ4n) is 5.21. The van der Waals surface area contributed by atoms with E-state index >= 15 is 0 Å². The SMILES string of the molecule is C=C(OCC1c2ccccc2CC1N1CCN(C(=O)OC(C)(C)C)CC1)c1cc(C)cc(C)c1. The molecule has 2 aromatic carbocycles. The summed E-state index contributed by atoms with van der Waals surface area (Å²) in [5.74, 6) is 0.997. The predicted molar refractivity (Wildman–Crippen MR) is 137 cm³/mol. The summed E-state index contributed by atoms with van der Waals surface area (Å²) in [6.45, 7) is 17.8. The molecule has 2 aromatic rings. The fraction of sp³-hybridized carbons (Fsp3) is 0.483. The topological polar surface area (TPSA) is 42.0 Å². The number of rotatable bonds is 5. The minimum Gasteiger partial charge on any atom is -0.493 e. The molecule has 0 aromatic heterocycles. The van der Waals surface area contributed by atoms with E-state index in [1.807, 2.05) is 25.7 Å². The van der Waals surface area contributed by atoms with Gasteiger partial charge in [-0.3, -0.25) is 4.90 Å². The van der Waals surface area contributed by atoms with Crippen molar-refractivity contribution in [2.24, 2.45) is 0 Å². The zero-order chi connectivity index (χ0) is 24.5. The number of benzene rings is 2. The van der Waals surface area contributed by atoms with Gasteiger partial charge in [0.15, 0.2) is 0 Å². The third-order valence-corrected chi connectivity index (χ3v) is 6.76. The Bertz CT molecular complexity index is 1030. The number of nitrogens with zero attached hydrogens (tertiary/aromatic N) is 2. The first-order valence-electron chi connectivity index (χ1n) is 12.3. The van der Waals surface area contributed by atoms with Crippen molar-refractivity contribution in [2.75, 3.05) is 32.8 Å². The lowest BCUT2D eigenvalue weighted by Gasteiger charge is -2.40. The smallest absolute Gasteiger partial charge is 0.410 e. The summed E-state index contributed by atoms with van der Waals surface area (Å²) in [6.07, 6.45) is 0.790. The zero-order valence-corrected chi connectivity index (χ0v) is 21.3. The van der Waals surface area contributed by atoms with Gasteiger partial charge in [0, 0.05) is 43.7 Å². The van der Waals surface area contributed by atoms with Crippen molar-refractivity contribution in [1.29, 1.82) is 0 Å². The number of piperazine rings is 1. The lowest BCUT2D eigenvalue weighted by atomic mass is 9.97. The molecule has 1 saturated heterocycles. The molecule has 5 heteroatoms. The summed E-state index contributed by atoms with van der Waals surface area (Å²) in [5, 5.41) is 0. The van der Waals surface area contributed by atoms with Crippen molar-refractivity contribution < 1.29 is 14.3 Å². The Hall–Kier alpha value is -2.79. The van der Waals surface area contributed by atoms with Gasteiger partial charge in [0.25, 0.3) is 0 Å². The van der Waals surface area contributed by atoms with Crippen LogP contribution >= 0.6 is 0 Å². The number of carbonyl (C=O) groups excluding carboxylic acids is 1. The molecular weight excluding hydrogens is 424 g/mol. The van der Waals surface area contributed by atoms with E-state index in [1.165, 1.54) is 22.3 Å². The Kier molecular flexibility index (Phi) is 7.04. The third-order valence-electron chi connectivity index (χ3n) is 6.76. The lowest BCUT2D eigenvalue weighted by Crippen LogP contribution is -2.54. The van der Waals surface area contributed by atoms with Crippen molar-refractivity contribution in [1.82, 2.24) is 9.80 Å². The Morgan fingerprint density at radius 1 is 1.03 bits per heavy atom. The van der Waals surface area contributed by atoms with E-state index < -0.39 is 5.60 Å². The molecule has 0 bridgehead atoms. The van der Waals surface area contributed by atoms with E-state index in [1.54, 1.807) is 0 Å². The van der Waals surface area contributed by atoms with Crippen molar-refractivity contribution >= 4 is 11.9 Å². The quantitative estimate of drug-likeness (QED) is 0.546. The maximum atomic E-state index is 12.5. The van der Waals surface area contributed by atoms with Crippen LogP contribution in [-0.2, 0) is 15.9 Å². The molecule has 1 heterocycles. The molecule has 0 N–H and O–H groups in total. The van der Waals surface area contributed by atoms with Crippen LogP contribution in [0.4, 0.5) is 4.79 Å². The number of ether oxygens (including phenoxy) is 2. The van der Waals surface area contributed by atoms with Crippen LogP contribution in [0.2, 0.25) is 0 Å². The maximum Gasteiger partial charge on any atom is 0.410 e. The number of hydrogen-bond donors (Lipinski definition) is 0. The maximum absolute atomic E-state index is 12.5. The van der Waals surface area contributed by atoms with Crippen LogP contribution in [-0.4, -0.2) is 60.3 Å². The molecule has 2 aliphatic rings. The van der Waals surface area contributed by atoms with E-state index in [0.717, 1.165) is 30.8 Å². The molecule has 2 atom stereocenters. The monoisotopic (exact) mass is 462 g/mol. The van der Waals surface area contributed by atoms with Crippen molar-refractivity contribution in [3.05, 3.63) is 76.9 Å². The molecule has 1 fully saturated rings. The molecule has 182 valence electrons. The van der Waals surface area contributed by atoms with Gasteiger partial charge < -0.3 is 14.4 Å². The summed E-state index contributed by atoms with van der Waals surface area (Å²) >= 11 is 0. The van der Waals surface area contributed by atoms with Crippen LogP contribution in [0.15, 0.2) is 49.0 Å². The summed E-state index contributed by atoms with van der Waals surface area (Å²) < 4.78 is 11.9. The van der Waals surface area contributed by atoms with E-state index in [4.69, 9.17) is 9.47 Å². The summed E-state index contributed by atoms with van der Waals surface area (Å²) in [4.78, 5) is 16.9. The van der Waals surface area contributed by atoms with Gasteiger partial charge in [-0.15, -0.1) is 0 Å². The predicted octanol–water partition coefficient (Wildman–Crippen LogP) is 5.55. The van der Waals surface area contributed by atoms with E-state index in [-0.39, 0.29) is 12.0 Å². The minimum atomic E-state index is -0.470. The average molecular weight is 463 g/mol. The molecule has 5 nitrogen and oxygen atoms in total. The van der Waals surface area contributed by atoms with Gasteiger partial charge >= 0.3 is 6.09 Å². The second-order valence-electron chi connectivity index (χ2n) is 10.7. The third kappa shape index (κ3) is 5.64. The first-order chi connectivity index (χ1) is 16.1. The fourth-order valence-corrected chi connectivity index (χ4v) is 5.21. The first-order valence-corrected chi connectivity index (χ1v) is 12.3. The van der Waals surface area contributed by atoms with Crippen LogP contribution in [0.5, 0.6) is 0 Å². The molecule has 1 aliphatic carbocycles. The van der Waals surface area contributed by atoms with E-state index in [9.17, 15) is 4.79 Å². The van der Waals surface area contributed by atoms with Gasteiger partial charge in [-0.2, -0.15) is 0 Å². The summed E-state index contributed by atoms with van der Waals surface area (Å²) in [6, 6.07) is 15.5. The lowest BCUT2D eigenvalue weighted by molar-refractivity contribution is 0.00825. The molecular formula is C29H38N2O3. The highest BCUT2D eigenvalue weighted by Gasteiger charge is 2.38. The molecule has 2 unspecified atom stereocenters. The van der Waals surface area contributed by atoms with Crippen molar-refractivity contribution in [3.8, 4) is 0 Å². The van der Waals surface area contributed by atoms with Gasteiger partial charge in [0.1, 0.15) is 11.4 Å². The van der Waals surface area contributed by atoms with Crippen LogP contribution < -0.4 is 0 Å². The Balaban J connectivity index is 1.43. The first kappa shape index (κ1) is 24.3. The Labute approximate surface area is 204 Å². The highest BCUT2D eigenvalue weighted by molar-refractivity contribution is 5.68. The van der Waals surface area contributed by atoms with Gasteiger partial charge in [-0.25, -0.2) is 4.79 Å². The number of carbonyl (C=O) groups is 1. The Morgan fingerprint density at radius 3 is 2.32 bits per heavy atom. The molecule has 0 radical (unpaired) electrons. The number of aryl methyl sites for hydroxylation is 2. The van der Waals surface area contributed by atoms with Gasteiger partial charge in [0.2, 0.25) is 0 Å². The van der Waals surface area contributed by atoms with E-state index in [2.05, 4.69) is 67.8 Å². The highest BCUT2D eigenvalue weighted by atomic mass is 16.6. The molecule has 34 heavy (non-hydrogen) atoms. The number of hydrogen-bond acceptors (Lipinski definition) is 4. The standard InChI is InChI=1S/C29H38N2O3/c1-20-15-21(2)17-24(16-20)22(3)33-19-26-25-10-8-7-9-23(25)18-27(26)30-11-13-31(14-12-30)28(32)34-29(4,5)6/h7-10,15-17,26-27H,3,11-14,18-19H2,1-2,4-6H3. The van der Waals surface area contributed by atoms with Crippen LogP contribution in [0, 0.1) is 13.8 Å². The second kappa shape index (κ2) is 9.83. The molecule has 1 amide bonds. The zero-order valence-electron chi connectivity index (χ0n) is 21.3. The van der Waals surface area contributed by atoms with Crippen LogP contribution in [0.3, 0.4) is 0 Å². The molecule has 0 spiro atoms. The van der Waals surface area contributed by atoms with Crippen LogP contribution in [0.1, 0.15) is 54.5 Å². The van der Waals surface area contributed by atoms with Crippen LogP contribution in [0.25, 0.3) is 5.76 Å². The largest absolute Gasteiger partial charge is 0.493 e. The van der Waals surface area contributed by atoms with Gasteiger partial charge in [0.05, 0.1) is 6.61 Å². The van der Waals surface area contributed by atoms with Gasteiger partial charge in [-0.05, 0) is 64.3 Å². The summed E-state index contributed by atoms with van der Waals surface area (Å²) in [7, 11) is 0. The van der Waals surface area contributed by atoms with Crippen molar-refractivity contribution in [3.63, 3.8) is 0 Å². The number of amides is 1. The van der Waals surface area contributed by atoms with Crippen molar-refractivity contribution in [2.45, 2.75) is 58.6 Å². The number of fused-ring (bicyclic) bond motifs is 1. The van der Waals surface area contributed by atoms with Gasteiger partial charge in [-0.1, -0.05) is 48.0 Å². The second-order valence-corrected chi connectivity index (χ2v) is 10.7. The molecule has 0 saturated carbocycles. The normalized spacial score (nSPS) is 20.7. The summed E-state index contributed by atoms with van der Waals surface area (Å²) in [5.41, 5.74) is 5.77. The van der Waals surface area contributed by atoms with E-state index in [0.29, 0.717) is 25.7 Å². The Morgan fingerprint density at radius 2 is 1.68 bits per heavy atom. The average Bonchev–Trinajstić information content (AvgIpc) is 3.14. The molecule has 1 aliphatic heterocycles. The highest BCUT2D eigenvalue weighted by Crippen LogP contribution is 2.38. The minimum absolute atomic E-state index is 0.216.